The average molecular weight is 384 g/mol. The second-order valence-electron chi connectivity index (χ2n) is 6.91. The van der Waals surface area contributed by atoms with Crippen LogP contribution >= 0.6 is 0 Å². The third-order valence-electron chi connectivity index (χ3n) is 5.05. The molecule has 1 amide bonds. The van der Waals surface area contributed by atoms with Crippen LogP contribution in [0.25, 0.3) is 16.6 Å². The zero-order valence-corrected chi connectivity index (χ0v) is 16.4. The minimum atomic E-state index is -0.267. The van der Waals surface area contributed by atoms with E-state index in [1.54, 1.807) is 12.3 Å². The number of fused-ring (bicyclic) bond motifs is 1. The standard InChI is InChI=1S/C22H20N6O/c1-4-19-17(12-24-28(19)20-8-6-5-7-13(20)2)22(29)25-21-16-9-14(3)15(11-23)10-18(16)26-27-21/h5-10,12H,4H2,1-3H3,(H2,25,26,27,29). The molecule has 0 radical (unpaired) electrons. The number of H-pyrrole nitrogens is 1. The van der Waals surface area contributed by atoms with Gasteiger partial charge >= 0.3 is 0 Å². The minimum Gasteiger partial charge on any atom is -0.304 e. The van der Waals surface area contributed by atoms with Gasteiger partial charge < -0.3 is 5.32 Å². The Hall–Kier alpha value is -3.92. The molecule has 2 aromatic carbocycles. The Labute approximate surface area is 168 Å². The number of aromatic nitrogens is 4. The van der Waals surface area contributed by atoms with Gasteiger partial charge in [0.25, 0.3) is 5.91 Å². The normalized spacial score (nSPS) is 10.8. The van der Waals surface area contributed by atoms with Gasteiger partial charge in [0, 0.05) is 5.39 Å². The summed E-state index contributed by atoms with van der Waals surface area (Å²) in [5.41, 5.74) is 5.49. The molecule has 144 valence electrons. The van der Waals surface area contributed by atoms with Crippen molar-refractivity contribution in [1.29, 1.82) is 5.26 Å². The molecule has 2 N–H and O–H groups in total. The molecule has 4 rings (SSSR count). The van der Waals surface area contributed by atoms with E-state index in [1.165, 1.54) is 0 Å². The second kappa shape index (κ2) is 7.24. The van der Waals surface area contributed by atoms with Crippen molar-refractivity contribution in [3.05, 3.63) is 70.5 Å². The first-order valence-electron chi connectivity index (χ1n) is 9.36. The maximum absolute atomic E-state index is 13.0. The van der Waals surface area contributed by atoms with E-state index in [4.69, 9.17) is 0 Å². The van der Waals surface area contributed by atoms with Crippen molar-refractivity contribution in [1.82, 2.24) is 20.0 Å². The number of anilines is 1. The number of aryl methyl sites for hydroxylation is 2. The van der Waals surface area contributed by atoms with Crippen molar-refractivity contribution in [3.8, 4) is 11.8 Å². The van der Waals surface area contributed by atoms with Crippen LogP contribution < -0.4 is 5.32 Å². The summed E-state index contributed by atoms with van der Waals surface area (Å²) in [7, 11) is 0. The number of benzene rings is 2. The van der Waals surface area contributed by atoms with Crippen LogP contribution in [0.4, 0.5) is 5.82 Å². The molecule has 0 aliphatic heterocycles. The van der Waals surface area contributed by atoms with Gasteiger partial charge in [0.15, 0.2) is 5.82 Å². The fourth-order valence-electron chi connectivity index (χ4n) is 3.48. The van der Waals surface area contributed by atoms with Gasteiger partial charge in [-0.2, -0.15) is 15.5 Å². The molecule has 0 bridgehead atoms. The number of rotatable bonds is 4. The first kappa shape index (κ1) is 18.4. The third kappa shape index (κ3) is 3.15. The number of para-hydroxylation sites is 1. The van der Waals surface area contributed by atoms with Crippen molar-refractivity contribution >= 4 is 22.6 Å². The molecule has 0 atom stereocenters. The molecule has 0 fully saturated rings. The summed E-state index contributed by atoms with van der Waals surface area (Å²) in [4.78, 5) is 13.0. The van der Waals surface area contributed by atoms with Crippen LogP contribution in [0, 0.1) is 25.2 Å². The molecule has 4 aromatic rings. The number of carbonyl (C=O) groups is 1. The molecular formula is C22H20N6O. The van der Waals surface area contributed by atoms with Crippen molar-refractivity contribution in [3.63, 3.8) is 0 Å². The van der Waals surface area contributed by atoms with Crippen LogP contribution in [-0.2, 0) is 6.42 Å². The van der Waals surface area contributed by atoms with Crippen LogP contribution in [0.15, 0.2) is 42.6 Å². The smallest absolute Gasteiger partial charge is 0.260 e. The summed E-state index contributed by atoms with van der Waals surface area (Å²) in [6.07, 6.45) is 2.25. The minimum absolute atomic E-state index is 0.267. The quantitative estimate of drug-likeness (QED) is 0.554. The average Bonchev–Trinajstić information content (AvgIpc) is 3.31. The Morgan fingerprint density at radius 2 is 2.03 bits per heavy atom. The lowest BCUT2D eigenvalue weighted by atomic mass is 10.1. The second-order valence-corrected chi connectivity index (χ2v) is 6.91. The SMILES string of the molecule is CCc1c(C(=O)Nc2n[nH]c3cc(C#N)c(C)cc23)cnn1-c1ccccc1C. The van der Waals surface area contributed by atoms with Gasteiger partial charge in [-0.25, -0.2) is 4.68 Å². The number of hydrogen-bond donors (Lipinski definition) is 2. The predicted octanol–water partition coefficient (Wildman–Crippen LogP) is 4.05. The Balaban J connectivity index is 1.70. The summed E-state index contributed by atoms with van der Waals surface area (Å²) in [6.45, 7) is 5.88. The first-order valence-corrected chi connectivity index (χ1v) is 9.36. The van der Waals surface area contributed by atoms with Crippen LogP contribution in [0.3, 0.4) is 0 Å². The molecule has 7 nitrogen and oxygen atoms in total. The number of nitrogens with zero attached hydrogens (tertiary/aromatic N) is 4. The molecule has 2 aromatic heterocycles. The number of carbonyl (C=O) groups excluding carboxylic acids is 1. The van der Waals surface area contributed by atoms with Gasteiger partial charge in [0.1, 0.15) is 0 Å². The summed E-state index contributed by atoms with van der Waals surface area (Å²) in [5, 5.41) is 24.4. The van der Waals surface area contributed by atoms with E-state index in [2.05, 4.69) is 26.7 Å². The Morgan fingerprint density at radius 3 is 2.76 bits per heavy atom. The number of hydrogen-bond acceptors (Lipinski definition) is 4. The van der Waals surface area contributed by atoms with Gasteiger partial charge in [0.05, 0.1) is 40.3 Å². The molecule has 0 saturated heterocycles. The molecule has 0 aliphatic carbocycles. The zero-order chi connectivity index (χ0) is 20.5. The van der Waals surface area contributed by atoms with Crippen LogP contribution in [0.1, 0.15) is 39.7 Å². The summed E-state index contributed by atoms with van der Waals surface area (Å²) >= 11 is 0. The lowest BCUT2D eigenvalue weighted by Gasteiger charge is -2.10. The zero-order valence-electron chi connectivity index (χ0n) is 16.4. The summed E-state index contributed by atoms with van der Waals surface area (Å²) in [5.74, 6) is 0.167. The van der Waals surface area contributed by atoms with E-state index in [1.807, 2.05) is 55.8 Å². The van der Waals surface area contributed by atoms with E-state index in [0.717, 1.165) is 27.9 Å². The van der Waals surface area contributed by atoms with Crippen LogP contribution in [-0.4, -0.2) is 25.9 Å². The Bertz CT molecular complexity index is 1270. The largest absolute Gasteiger partial charge is 0.304 e. The van der Waals surface area contributed by atoms with Gasteiger partial charge in [-0.15, -0.1) is 0 Å². The van der Waals surface area contributed by atoms with Gasteiger partial charge in [-0.1, -0.05) is 25.1 Å². The maximum Gasteiger partial charge on any atom is 0.260 e. The lowest BCUT2D eigenvalue weighted by molar-refractivity contribution is 0.102. The van der Waals surface area contributed by atoms with Gasteiger partial charge in [-0.05, 0) is 49.6 Å². The predicted molar refractivity (Wildman–Crippen MR) is 111 cm³/mol. The van der Waals surface area contributed by atoms with Gasteiger partial charge in [-0.3, -0.25) is 9.89 Å². The molecule has 29 heavy (non-hydrogen) atoms. The van der Waals surface area contributed by atoms with E-state index in [-0.39, 0.29) is 5.91 Å². The maximum atomic E-state index is 13.0. The molecule has 0 aliphatic rings. The van der Waals surface area contributed by atoms with Crippen molar-refractivity contribution in [2.24, 2.45) is 0 Å². The fourth-order valence-corrected chi connectivity index (χ4v) is 3.48. The fraction of sp³-hybridized carbons (Fsp3) is 0.182. The van der Waals surface area contributed by atoms with Crippen LogP contribution in [0.2, 0.25) is 0 Å². The molecule has 7 heteroatoms. The van der Waals surface area contributed by atoms with Crippen molar-refractivity contribution < 1.29 is 4.79 Å². The molecular weight excluding hydrogens is 364 g/mol. The molecule has 2 heterocycles. The van der Waals surface area contributed by atoms with E-state index >= 15 is 0 Å². The lowest BCUT2D eigenvalue weighted by Crippen LogP contribution is -2.15. The topological polar surface area (TPSA) is 99.4 Å². The van der Waals surface area contributed by atoms with E-state index in [0.29, 0.717) is 28.9 Å². The highest BCUT2D eigenvalue weighted by Crippen LogP contribution is 2.25. The van der Waals surface area contributed by atoms with Gasteiger partial charge in [0.2, 0.25) is 0 Å². The highest BCUT2D eigenvalue weighted by molar-refractivity contribution is 6.08. The van der Waals surface area contributed by atoms with E-state index in [9.17, 15) is 10.1 Å². The Morgan fingerprint density at radius 1 is 1.24 bits per heavy atom. The van der Waals surface area contributed by atoms with E-state index < -0.39 is 0 Å². The number of nitriles is 1. The molecule has 0 spiro atoms. The monoisotopic (exact) mass is 384 g/mol. The highest BCUT2D eigenvalue weighted by Gasteiger charge is 2.20. The molecule has 0 unspecified atom stereocenters. The first-order chi connectivity index (χ1) is 14.0. The summed E-state index contributed by atoms with van der Waals surface area (Å²) in [6, 6.07) is 13.7. The van der Waals surface area contributed by atoms with Crippen molar-refractivity contribution in [2.45, 2.75) is 27.2 Å². The summed E-state index contributed by atoms with van der Waals surface area (Å²) < 4.78 is 1.82. The highest BCUT2D eigenvalue weighted by atomic mass is 16.1. The number of aromatic amines is 1. The number of nitrogens with one attached hydrogen (secondary N) is 2. The number of amides is 1. The van der Waals surface area contributed by atoms with Crippen molar-refractivity contribution in [2.75, 3.05) is 5.32 Å². The third-order valence-corrected chi connectivity index (χ3v) is 5.05. The Kier molecular flexibility index (Phi) is 4.61. The molecule has 0 saturated carbocycles. The van der Waals surface area contributed by atoms with Crippen LogP contribution in [0.5, 0.6) is 0 Å².